The highest BCUT2D eigenvalue weighted by molar-refractivity contribution is 7.23. The van der Waals surface area contributed by atoms with Gasteiger partial charge in [-0.15, -0.1) is 0 Å². The molecule has 0 aliphatic carbocycles. The number of nitrogens with one attached hydrogen (secondary N) is 3. The van der Waals surface area contributed by atoms with Gasteiger partial charge in [0.15, 0.2) is 11.6 Å². The number of urea groups is 2. The van der Waals surface area contributed by atoms with Gasteiger partial charge in [0.05, 0.1) is 22.1 Å². The fraction of sp³-hybridized carbons (Fsp3) is 0.391. The largest absolute Gasteiger partial charge is 0.389 e. The average molecular weight is 574 g/mol. The van der Waals surface area contributed by atoms with Crippen molar-refractivity contribution in [1.29, 1.82) is 0 Å². The number of nitrogens with two attached hydrogens (primary N) is 1. The number of anilines is 6. The van der Waals surface area contributed by atoms with Crippen LogP contribution in [0.1, 0.15) is 63.3 Å². The molecular formula is C23H46N10O2S2. The van der Waals surface area contributed by atoms with Crippen molar-refractivity contribution < 1.29 is 31.8 Å². The zero-order chi connectivity index (χ0) is 40.7. The minimum Gasteiger partial charge on any atom is -0.389 e. The van der Waals surface area contributed by atoms with Crippen molar-refractivity contribution in [3.63, 3.8) is 0 Å². The predicted octanol–water partition coefficient (Wildman–Crippen LogP) is 7.52. The van der Waals surface area contributed by atoms with E-state index in [-0.39, 0.29) is 13.5 Å². The molecule has 0 atom stereocenters. The number of hydrogen-bond acceptors (Lipinski definition) is 10. The molecule has 12 nitrogen and oxygen atoms in total. The summed E-state index contributed by atoms with van der Waals surface area (Å²) in [5.74, 6) is 1.33. The Labute approximate surface area is 245 Å². The quantitative estimate of drug-likeness (QED) is 0.195. The Balaban J connectivity index is -0.000000199. The Bertz CT molecular complexity index is 1500. The molecule has 14 heteroatoms. The van der Waals surface area contributed by atoms with E-state index in [1.54, 1.807) is 9.80 Å². The Kier molecular flexibility index (Phi) is 5.53. The molecule has 4 amide bonds. The summed E-state index contributed by atoms with van der Waals surface area (Å²) in [7, 11) is 0. The van der Waals surface area contributed by atoms with Crippen LogP contribution in [0.5, 0.6) is 0 Å². The molecule has 4 aromatic rings. The molecule has 2 aliphatic rings. The molecule has 0 saturated heterocycles. The maximum Gasteiger partial charge on any atom is 0.327 e. The third-order valence-electron chi connectivity index (χ3n) is 5.40. The molecule has 0 saturated carbocycles. The van der Waals surface area contributed by atoms with E-state index in [0.29, 0.717) is 35.4 Å². The standard InChI is InChI=1S/C11H13N5OS.C9H9N5OS.C3H8.8H2/c1-3-12-10-7-6-8(13-5-14-9(6)18-10)16(4-2)11(17)15-7;1-2-14-7-4-5(13-9(14)15)6(10)16-8(4)12-3-11-7;1-3-2;;;;;;;;/h5,12H,3-4H2,1-2H3,(H,15,17);3H,2,10H2,1H3,(H,13,15);3H2,1-2H3;8*1H/i;;;7*1+1D;1+1. The molecule has 212 valence electrons. The van der Waals surface area contributed by atoms with Crippen molar-refractivity contribution >= 4 is 88.2 Å². The summed E-state index contributed by atoms with van der Waals surface area (Å²) >= 11 is 2.90. The van der Waals surface area contributed by atoms with Gasteiger partial charge in [0.25, 0.3) is 0 Å². The SMILES string of the molecule is CCC.CCN1C(=O)Nc2c(N)sc3ncnc1c23.CCNc1sc2ncnc3c2c1NC(=O)N3CC.[2HH].[2H][2H].[2H][2H].[2H][2H].[2H][2H].[2H][2H].[2H][2H].[2H][2H]. The first-order valence-corrected chi connectivity index (χ1v) is 13.7. The lowest BCUT2D eigenvalue weighted by atomic mass is 10.2. The summed E-state index contributed by atoms with van der Waals surface area (Å²) in [4.78, 5) is 45.5. The molecule has 5 N–H and O–H groups in total. The molecule has 2 aliphatic heterocycles. The smallest absolute Gasteiger partial charge is 0.327 e. The van der Waals surface area contributed by atoms with Crippen molar-refractivity contribution in [3.05, 3.63) is 12.7 Å². The van der Waals surface area contributed by atoms with Crippen molar-refractivity contribution in [2.24, 2.45) is 0 Å². The number of aromatic nitrogens is 4. The van der Waals surface area contributed by atoms with Crippen LogP contribution < -0.4 is 31.5 Å². The molecule has 0 radical (unpaired) electrons. The van der Waals surface area contributed by atoms with E-state index in [0.717, 1.165) is 37.7 Å². The van der Waals surface area contributed by atoms with Gasteiger partial charge in [0.2, 0.25) is 0 Å². The molecule has 0 bridgehead atoms. The highest BCUT2D eigenvalue weighted by Crippen LogP contribution is 2.45. The number of hydrogen-bond donors (Lipinski definition) is 4. The molecule has 6 rings (SSSR count). The number of thiophene rings is 2. The van der Waals surface area contributed by atoms with Crippen molar-refractivity contribution in [3.8, 4) is 0 Å². The maximum atomic E-state index is 12.0. The molecule has 0 aromatic carbocycles. The van der Waals surface area contributed by atoms with E-state index in [1.165, 1.54) is 41.7 Å². The molecule has 4 aromatic heterocycles. The first-order chi connectivity index (χ1) is 24.9. The van der Waals surface area contributed by atoms with Crippen LogP contribution >= 0.6 is 22.7 Å². The number of nitrogen functional groups attached to an aromatic ring is 1. The summed E-state index contributed by atoms with van der Waals surface area (Å²) in [5, 5.41) is 12.2. The van der Waals surface area contributed by atoms with Crippen molar-refractivity contribution in [2.45, 2.75) is 41.0 Å². The normalized spacial score (nSPS) is 14.9. The van der Waals surface area contributed by atoms with Gasteiger partial charge in [-0.3, -0.25) is 9.80 Å². The van der Waals surface area contributed by atoms with Crippen LogP contribution in [0.3, 0.4) is 0 Å². The predicted molar refractivity (Wildman–Crippen MR) is 170 cm³/mol. The average Bonchev–Trinajstić information content (AvgIpc) is 3.72. The summed E-state index contributed by atoms with van der Waals surface area (Å²) in [6.45, 7) is 12.0. The van der Waals surface area contributed by atoms with E-state index in [9.17, 15) is 9.59 Å². The topological polar surface area (TPSA) is 154 Å². The van der Waals surface area contributed by atoms with Crippen LogP contribution in [0, 0.1) is 0 Å². The van der Waals surface area contributed by atoms with Gasteiger partial charge in [-0.25, -0.2) is 29.5 Å². The van der Waals surface area contributed by atoms with E-state index < -0.39 is 0 Å². The zero-order valence-corrected chi connectivity index (χ0v) is 23.0. The van der Waals surface area contributed by atoms with E-state index in [4.69, 9.17) is 26.5 Å². The second kappa shape index (κ2) is 11.1. The van der Waals surface area contributed by atoms with E-state index in [2.05, 4.69) is 49.7 Å². The first-order valence-electron chi connectivity index (χ1n) is 19.1. The highest BCUT2D eigenvalue weighted by Gasteiger charge is 2.30. The van der Waals surface area contributed by atoms with E-state index in [1.807, 2.05) is 20.8 Å². The molecule has 37 heavy (non-hydrogen) atoms. The molecule has 0 fully saturated rings. The number of carbonyl (C=O) groups is 2. The Morgan fingerprint density at radius 3 is 1.86 bits per heavy atom. The van der Waals surface area contributed by atoms with Gasteiger partial charge in [-0.2, -0.15) is 0 Å². The summed E-state index contributed by atoms with van der Waals surface area (Å²) in [5.41, 5.74) is 7.28. The summed E-state index contributed by atoms with van der Waals surface area (Å²) < 4.78 is 70.0. The molecule has 0 spiro atoms. The second-order valence-electron chi connectivity index (χ2n) is 7.99. The van der Waals surface area contributed by atoms with Crippen molar-refractivity contribution in [2.75, 3.05) is 51.1 Å². The number of rotatable bonds is 4. The maximum absolute atomic E-state index is 12.0. The number of amides is 4. The second-order valence-corrected chi connectivity index (χ2v) is 10.0. The van der Waals surface area contributed by atoms with Gasteiger partial charge >= 0.3 is 12.1 Å². The Hall–Kier alpha value is -3.78. The molecule has 0 unspecified atom stereocenters. The van der Waals surface area contributed by atoms with Crippen molar-refractivity contribution in [1.82, 2.24) is 19.9 Å². The zero-order valence-electron chi connectivity index (χ0n) is 35.4. The van der Waals surface area contributed by atoms with Crippen LogP contribution in [0.25, 0.3) is 20.4 Å². The van der Waals surface area contributed by atoms with Crippen LogP contribution in [-0.2, 0) is 0 Å². The van der Waals surface area contributed by atoms with Crippen LogP contribution in [-0.4, -0.2) is 51.6 Å². The minimum absolute atomic E-state index is 0. The van der Waals surface area contributed by atoms with Gasteiger partial charge in [0, 0.05) is 41.8 Å². The summed E-state index contributed by atoms with van der Waals surface area (Å²) in [6, 6.07) is -0.331. The number of nitrogens with zero attached hydrogens (tertiary/aromatic N) is 6. The monoisotopic (exact) mass is 573 g/mol. The van der Waals surface area contributed by atoms with Crippen LogP contribution in [0.4, 0.5) is 42.6 Å². The van der Waals surface area contributed by atoms with E-state index >= 15 is 0 Å². The fourth-order valence-corrected chi connectivity index (χ4v) is 5.84. The lowest BCUT2D eigenvalue weighted by molar-refractivity contribution is 0.256. The third kappa shape index (κ3) is 4.69. The lowest BCUT2D eigenvalue weighted by Gasteiger charge is -2.25. The number of carbonyl (C=O) groups excluding carboxylic acids is 2. The third-order valence-corrected chi connectivity index (χ3v) is 7.38. The van der Waals surface area contributed by atoms with Gasteiger partial charge in [-0.1, -0.05) is 42.9 Å². The lowest BCUT2D eigenvalue weighted by Crippen LogP contribution is -2.38. The van der Waals surface area contributed by atoms with Crippen LogP contribution in [0.2, 0.25) is 0 Å². The first kappa shape index (κ1) is 18.5. The Morgan fingerprint density at radius 2 is 1.35 bits per heavy atom. The van der Waals surface area contributed by atoms with Crippen LogP contribution in [0.15, 0.2) is 12.7 Å². The van der Waals surface area contributed by atoms with Gasteiger partial charge < -0.3 is 21.7 Å². The molecular weight excluding hydrogens is 512 g/mol. The minimum atomic E-state index is -0.194. The summed E-state index contributed by atoms with van der Waals surface area (Å²) in [6.07, 6.45) is 4.22. The van der Waals surface area contributed by atoms with Gasteiger partial charge in [0.1, 0.15) is 32.3 Å². The molecule has 6 heterocycles. The fourth-order valence-electron chi connectivity index (χ4n) is 3.92. The highest BCUT2D eigenvalue weighted by atomic mass is 32.1. The van der Waals surface area contributed by atoms with Gasteiger partial charge in [-0.05, 0) is 20.8 Å². The Morgan fingerprint density at radius 1 is 0.865 bits per heavy atom.